The van der Waals surface area contributed by atoms with Crippen LogP contribution in [0.3, 0.4) is 0 Å². The summed E-state index contributed by atoms with van der Waals surface area (Å²) in [5.74, 6) is 0.414. The summed E-state index contributed by atoms with van der Waals surface area (Å²) in [5, 5.41) is 17.5. The molecule has 2 aromatic carbocycles. The van der Waals surface area contributed by atoms with E-state index in [-0.39, 0.29) is 0 Å². The van der Waals surface area contributed by atoms with Crippen LogP contribution in [0.1, 0.15) is 0 Å². The molecule has 2 rings (SSSR count). The van der Waals surface area contributed by atoms with E-state index >= 15 is 0 Å². The lowest BCUT2D eigenvalue weighted by atomic mass is 10.1. The first-order chi connectivity index (χ1) is 8.15. The molecule has 5 heteroatoms. The third-order valence-electron chi connectivity index (χ3n) is 2.23. The summed E-state index contributed by atoms with van der Waals surface area (Å²) < 4.78 is 5.80. The first-order valence-electron chi connectivity index (χ1n) is 5.04. The molecule has 2 N–H and O–H groups in total. The van der Waals surface area contributed by atoms with E-state index in [0.29, 0.717) is 5.75 Å². The monoisotopic (exact) mass is 292 g/mol. The smallest absolute Gasteiger partial charge is 0.512 e. The molecule has 0 radical (unpaired) electrons. The summed E-state index contributed by atoms with van der Waals surface area (Å²) in [5.41, 5.74) is 1.97. The van der Waals surface area contributed by atoms with Crippen LogP contribution in [0.4, 0.5) is 0 Å². The molecule has 0 aliphatic heterocycles. The number of hydrogen-bond acceptors (Lipinski definition) is 3. The first-order valence-corrected chi connectivity index (χ1v) is 5.83. The number of benzene rings is 2. The highest BCUT2D eigenvalue weighted by Crippen LogP contribution is 2.26. The van der Waals surface area contributed by atoms with Gasteiger partial charge in [-0.1, -0.05) is 40.2 Å². The SMILES string of the molecule is OB(O)Oc1cccc(-c2cccc(Br)c2)c1. The first kappa shape index (κ1) is 12.2. The minimum Gasteiger partial charge on any atom is -0.512 e. The molecule has 0 atom stereocenters. The second kappa shape index (κ2) is 5.36. The fourth-order valence-corrected chi connectivity index (χ4v) is 1.94. The second-order valence-electron chi connectivity index (χ2n) is 3.48. The van der Waals surface area contributed by atoms with Gasteiger partial charge in [-0.25, -0.2) is 0 Å². The van der Waals surface area contributed by atoms with Gasteiger partial charge in [-0.05, 0) is 35.4 Å². The van der Waals surface area contributed by atoms with Crippen LogP contribution in [0.25, 0.3) is 11.1 Å². The van der Waals surface area contributed by atoms with Gasteiger partial charge in [0.05, 0.1) is 0 Å². The van der Waals surface area contributed by atoms with Crippen LogP contribution in [0.2, 0.25) is 0 Å². The standard InChI is InChI=1S/C12H10BBrO3/c14-11-5-1-3-9(7-11)10-4-2-6-12(8-10)17-13(15)16/h1-8,15-16H. The number of rotatable bonds is 3. The maximum absolute atomic E-state index is 8.74. The van der Waals surface area contributed by atoms with Gasteiger partial charge in [-0.3, -0.25) is 0 Å². The van der Waals surface area contributed by atoms with Crippen LogP contribution < -0.4 is 4.65 Å². The Morgan fingerprint density at radius 2 is 1.59 bits per heavy atom. The second-order valence-corrected chi connectivity index (χ2v) is 4.40. The average Bonchev–Trinajstić information content (AvgIpc) is 2.28. The number of halogens is 1. The Bertz CT molecular complexity index is 517. The van der Waals surface area contributed by atoms with Crippen LogP contribution in [-0.2, 0) is 0 Å². The maximum atomic E-state index is 8.74. The van der Waals surface area contributed by atoms with E-state index in [1.54, 1.807) is 18.2 Å². The van der Waals surface area contributed by atoms with Gasteiger partial charge in [-0.15, -0.1) is 0 Å². The lowest BCUT2D eigenvalue weighted by molar-refractivity contribution is 0.288. The maximum Gasteiger partial charge on any atom is 0.707 e. The summed E-state index contributed by atoms with van der Waals surface area (Å²) in [7, 11) is -1.80. The predicted octanol–water partition coefficient (Wildman–Crippen LogP) is 2.46. The highest BCUT2D eigenvalue weighted by atomic mass is 79.9. The zero-order chi connectivity index (χ0) is 12.3. The molecule has 0 aliphatic carbocycles. The van der Waals surface area contributed by atoms with E-state index < -0.39 is 7.32 Å². The van der Waals surface area contributed by atoms with Crippen molar-refractivity contribution in [3.8, 4) is 16.9 Å². The molecule has 86 valence electrons. The van der Waals surface area contributed by atoms with Gasteiger partial charge >= 0.3 is 7.32 Å². The molecule has 2 aromatic rings. The van der Waals surface area contributed by atoms with Crippen molar-refractivity contribution < 1.29 is 14.7 Å². The van der Waals surface area contributed by atoms with E-state index in [9.17, 15) is 0 Å². The highest BCUT2D eigenvalue weighted by molar-refractivity contribution is 9.10. The van der Waals surface area contributed by atoms with Gasteiger partial charge in [-0.2, -0.15) is 0 Å². The van der Waals surface area contributed by atoms with Gasteiger partial charge in [0.15, 0.2) is 0 Å². The Kier molecular flexibility index (Phi) is 3.84. The molecule has 0 aromatic heterocycles. The van der Waals surface area contributed by atoms with Crippen molar-refractivity contribution in [1.29, 1.82) is 0 Å². The molecular weight excluding hydrogens is 283 g/mol. The molecule has 0 saturated carbocycles. The Labute approximate surface area is 108 Å². The molecule has 0 saturated heterocycles. The average molecular weight is 293 g/mol. The van der Waals surface area contributed by atoms with Crippen LogP contribution in [0.15, 0.2) is 53.0 Å². The van der Waals surface area contributed by atoms with Crippen LogP contribution in [0.5, 0.6) is 5.75 Å². The van der Waals surface area contributed by atoms with Gasteiger partial charge in [0.25, 0.3) is 0 Å². The van der Waals surface area contributed by atoms with E-state index in [1.807, 2.05) is 30.3 Å². The lowest BCUT2D eigenvalue weighted by Gasteiger charge is -2.07. The van der Waals surface area contributed by atoms with Crippen molar-refractivity contribution in [1.82, 2.24) is 0 Å². The van der Waals surface area contributed by atoms with E-state index in [2.05, 4.69) is 15.9 Å². The molecule has 0 unspecified atom stereocenters. The van der Waals surface area contributed by atoms with E-state index in [1.165, 1.54) is 0 Å². The van der Waals surface area contributed by atoms with Gasteiger partial charge in [0.2, 0.25) is 0 Å². The van der Waals surface area contributed by atoms with Crippen molar-refractivity contribution in [3.05, 3.63) is 53.0 Å². The van der Waals surface area contributed by atoms with Gasteiger partial charge in [0, 0.05) is 4.47 Å². The molecule has 0 aliphatic rings. The van der Waals surface area contributed by atoms with Crippen LogP contribution >= 0.6 is 15.9 Å². The predicted molar refractivity (Wildman–Crippen MR) is 70.4 cm³/mol. The summed E-state index contributed by atoms with van der Waals surface area (Å²) >= 11 is 3.41. The largest absolute Gasteiger partial charge is 0.707 e. The van der Waals surface area contributed by atoms with E-state index in [0.717, 1.165) is 15.6 Å². The Hall–Kier alpha value is -1.30. The molecule has 3 nitrogen and oxygen atoms in total. The van der Waals surface area contributed by atoms with Crippen molar-refractivity contribution in [2.75, 3.05) is 0 Å². The molecule has 17 heavy (non-hydrogen) atoms. The summed E-state index contributed by atoms with van der Waals surface area (Å²) in [6, 6.07) is 15.0. The van der Waals surface area contributed by atoms with Crippen molar-refractivity contribution in [2.45, 2.75) is 0 Å². The van der Waals surface area contributed by atoms with Gasteiger partial charge in [0.1, 0.15) is 5.75 Å². The molecule has 0 heterocycles. The lowest BCUT2D eigenvalue weighted by Crippen LogP contribution is -2.20. The topological polar surface area (TPSA) is 49.7 Å². The number of hydrogen-bond donors (Lipinski definition) is 2. The molecule has 0 spiro atoms. The Balaban J connectivity index is 2.33. The van der Waals surface area contributed by atoms with Crippen molar-refractivity contribution in [2.24, 2.45) is 0 Å². The quantitative estimate of drug-likeness (QED) is 0.855. The normalized spacial score (nSPS) is 10.1. The third kappa shape index (κ3) is 3.33. The molecule has 0 fully saturated rings. The summed E-state index contributed by atoms with van der Waals surface area (Å²) in [6.45, 7) is 0. The zero-order valence-corrected chi connectivity index (χ0v) is 10.5. The van der Waals surface area contributed by atoms with Crippen molar-refractivity contribution in [3.63, 3.8) is 0 Å². The summed E-state index contributed by atoms with van der Waals surface area (Å²) in [6.07, 6.45) is 0. The van der Waals surface area contributed by atoms with Crippen LogP contribution in [0, 0.1) is 0 Å². The fraction of sp³-hybridized carbons (Fsp3) is 0. The minimum atomic E-state index is -1.80. The third-order valence-corrected chi connectivity index (χ3v) is 2.73. The molecular formula is C12H10BBrO3. The minimum absolute atomic E-state index is 0.414. The Morgan fingerprint density at radius 1 is 0.941 bits per heavy atom. The van der Waals surface area contributed by atoms with Gasteiger partial charge < -0.3 is 14.7 Å². The van der Waals surface area contributed by atoms with Crippen molar-refractivity contribution >= 4 is 23.3 Å². The van der Waals surface area contributed by atoms with Crippen LogP contribution in [-0.4, -0.2) is 17.4 Å². The zero-order valence-electron chi connectivity index (χ0n) is 8.88. The molecule has 0 amide bonds. The van der Waals surface area contributed by atoms with E-state index in [4.69, 9.17) is 14.7 Å². The Morgan fingerprint density at radius 3 is 2.24 bits per heavy atom. The highest BCUT2D eigenvalue weighted by Gasteiger charge is 2.11. The fourth-order valence-electron chi connectivity index (χ4n) is 1.54. The summed E-state index contributed by atoms with van der Waals surface area (Å²) in [4.78, 5) is 0. The molecule has 0 bridgehead atoms.